The molecule has 1 aromatic heterocycles. The number of carbonyl (C=O) groups is 1. The van der Waals surface area contributed by atoms with Crippen molar-refractivity contribution in [3.8, 4) is 0 Å². The molecule has 1 atom stereocenters. The molecule has 2 aromatic rings. The SMILES string of the molecule is CC1(CO)COCCN(C(=O)c2ccc(Cn3ccnc3)cc2)C1. The number of amides is 1. The molecule has 128 valence electrons. The van der Waals surface area contributed by atoms with Gasteiger partial charge in [-0.1, -0.05) is 19.1 Å². The van der Waals surface area contributed by atoms with E-state index in [1.165, 1.54) is 0 Å². The lowest BCUT2D eigenvalue weighted by atomic mass is 9.92. The molecule has 1 unspecified atom stereocenters. The minimum Gasteiger partial charge on any atom is -0.396 e. The fraction of sp³-hybridized carbons (Fsp3) is 0.444. The number of benzene rings is 1. The highest BCUT2D eigenvalue weighted by molar-refractivity contribution is 5.94. The summed E-state index contributed by atoms with van der Waals surface area (Å²) in [4.78, 5) is 18.6. The molecular weight excluding hydrogens is 306 g/mol. The average molecular weight is 329 g/mol. The Balaban J connectivity index is 1.70. The minimum absolute atomic E-state index is 0.000619. The first-order valence-electron chi connectivity index (χ1n) is 8.12. The fourth-order valence-corrected chi connectivity index (χ4v) is 2.87. The van der Waals surface area contributed by atoms with Crippen LogP contribution in [-0.4, -0.2) is 58.4 Å². The predicted octanol–water partition coefficient (Wildman–Crippen LogP) is 1.40. The Labute approximate surface area is 141 Å². The lowest BCUT2D eigenvalue weighted by Gasteiger charge is -2.30. The van der Waals surface area contributed by atoms with Gasteiger partial charge in [0.25, 0.3) is 5.91 Å². The number of nitrogens with zero attached hydrogens (tertiary/aromatic N) is 3. The second-order valence-electron chi connectivity index (χ2n) is 6.68. The van der Waals surface area contributed by atoms with Crippen molar-refractivity contribution >= 4 is 5.91 Å². The highest BCUT2D eigenvalue weighted by Crippen LogP contribution is 2.22. The summed E-state index contributed by atoms with van der Waals surface area (Å²) in [5, 5.41) is 9.58. The Hall–Kier alpha value is -2.18. The van der Waals surface area contributed by atoms with E-state index < -0.39 is 5.41 Å². The molecule has 1 aliphatic heterocycles. The monoisotopic (exact) mass is 329 g/mol. The zero-order valence-corrected chi connectivity index (χ0v) is 13.9. The molecule has 0 aliphatic carbocycles. The molecule has 2 heterocycles. The van der Waals surface area contributed by atoms with Gasteiger partial charge in [-0.15, -0.1) is 0 Å². The van der Waals surface area contributed by atoms with Crippen LogP contribution in [-0.2, 0) is 11.3 Å². The normalized spacial score (nSPS) is 21.5. The van der Waals surface area contributed by atoms with E-state index in [4.69, 9.17) is 4.74 Å². The van der Waals surface area contributed by atoms with Gasteiger partial charge in [-0.2, -0.15) is 0 Å². The summed E-state index contributed by atoms with van der Waals surface area (Å²) < 4.78 is 7.51. The van der Waals surface area contributed by atoms with Gasteiger partial charge in [-0.25, -0.2) is 4.98 Å². The van der Waals surface area contributed by atoms with Gasteiger partial charge in [-0.3, -0.25) is 4.79 Å². The molecule has 3 rings (SSSR count). The summed E-state index contributed by atoms with van der Waals surface area (Å²) in [5.41, 5.74) is 1.36. The molecule has 0 radical (unpaired) electrons. The number of imidazole rings is 1. The molecule has 6 nitrogen and oxygen atoms in total. The number of carbonyl (C=O) groups excluding carboxylic acids is 1. The zero-order valence-electron chi connectivity index (χ0n) is 13.9. The van der Waals surface area contributed by atoms with Crippen LogP contribution in [0.5, 0.6) is 0 Å². The molecule has 0 bridgehead atoms. The van der Waals surface area contributed by atoms with Crippen LogP contribution >= 0.6 is 0 Å². The van der Waals surface area contributed by atoms with Crippen molar-refractivity contribution in [3.05, 3.63) is 54.1 Å². The summed E-state index contributed by atoms with van der Waals surface area (Å²) in [6.07, 6.45) is 5.43. The van der Waals surface area contributed by atoms with Gasteiger partial charge in [0.05, 0.1) is 26.1 Å². The van der Waals surface area contributed by atoms with Crippen LogP contribution in [0.4, 0.5) is 0 Å². The van der Waals surface area contributed by atoms with Crippen LogP contribution in [0.1, 0.15) is 22.8 Å². The third-order valence-corrected chi connectivity index (χ3v) is 4.32. The van der Waals surface area contributed by atoms with Crippen molar-refractivity contribution in [1.82, 2.24) is 14.5 Å². The molecule has 0 spiro atoms. The highest BCUT2D eigenvalue weighted by Gasteiger charge is 2.32. The Bertz CT molecular complexity index is 669. The fourth-order valence-electron chi connectivity index (χ4n) is 2.87. The van der Waals surface area contributed by atoms with E-state index in [9.17, 15) is 9.90 Å². The first-order chi connectivity index (χ1) is 11.6. The third kappa shape index (κ3) is 3.83. The third-order valence-electron chi connectivity index (χ3n) is 4.32. The second-order valence-corrected chi connectivity index (χ2v) is 6.68. The van der Waals surface area contributed by atoms with Crippen molar-refractivity contribution in [2.24, 2.45) is 5.41 Å². The summed E-state index contributed by atoms with van der Waals surface area (Å²) in [5.74, 6) is -0.0191. The lowest BCUT2D eigenvalue weighted by Crippen LogP contribution is -2.42. The topological polar surface area (TPSA) is 67.6 Å². The number of aromatic nitrogens is 2. The molecule has 24 heavy (non-hydrogen) atoms. The van der Waals surface area contributed by atoms with Crippen LogP contribution in [0.25, 0.3) is 0 Å². The van der Waals surface area contributed by atoms with Gasteiger partial charge in [-0.05, 0) is 17.7 Å². The largest absolute Gasteiger partial charge is 0.396 e. The van der Waals surface area contributed by atoms with Crippen LogP contribution in [0.3, 0.4) is 0 Å². The summed E-state index contributed by atoms with van der Waals surface area (Å²) in [6.45, 7) is 4.68. The molecule has 1 N–H and O–H groups in total. The van der Waals surface area contributed by atoms with Gasteiger partial charge in [0.15, 0.2) is 0 Å². The van der Waals surface area contributed by atoms with Gasteiger partial charge in [0, 0.05) is 43.0 Å². The van der Waals surface area contributed by atoms with E-state index in [1.807, 2.05) is 42.0 Å². The smallest absolute Gasteiger partial charge is 0.253 e. The van der Waals surface area contributed by atoms with Crippen LogP contribution in [0, 0.1) is 5.41 Å². The Morgan fingerprint density at radius 3 is 2.83 bits per heavy atom. The first kappa shape index (κ1) is 16.7. The van der Waals surface area contributed by atoms with E-state index >= 15 is 0 Å². The number of hydrogen-bond donors (Lipinski definition) is 1. The first-order valence-corrected chi connectivity index (χ1v) is 8.12. The van der Waals surface area contributed by atoms with E-state index in [0.717, 1.165) is 12.1 Å². The van der Waals surface area contributed by atoms with Gasteiger partial charge < -0.3 is 19.3 Å². The maximum Gasteiger partial charge on any atom is 0.253 e. The Morgan fingerprint density at radius 1 is 1.38 bits per heavy atom. The van der Waals surface area contributed by atoms with E-state index in [0.29, 0.717) is 31.9 Å². The summed E-state index contributed by atoms with van der Waals surface area (Å²) in [7, 11) is 0. The quantitative estimate of drug-likeness (QED) is 0.921. The standard InChI is InChI=1S/C18H23N3O3/c1-18(12-22)11-21(8-9-24-13-18)17(23)16-4-2-15(3-5-16)10-20-7-6-19-14-20/h2-7,14,22H,8-13H2,1H3. The summed E-state index contributed by atoms with van der Waals surface area (Å²) in [6, 6.07) is 7.65. The minimum atomic E-state index is -0.409. The molecule has 1 fully saturated rings. The van der Waals surface area contributed by atoms with Crippen molar-refractivity contribution in [3.63, 3.8) is 0 Å². The van der Waals surface area contributed by atoms with Crippen LogP contribution in [0.15, 0.2) is 43.0 Å². The average Bonchev–Trinajstić information content (AvgIpc) is 3.02. The molecule has 1 saturated heterocycles. The molecule has 0 saturated carbocycles. The van der Waals surface area contributed by atoms with E-state index in [2.05, 4.69) is 4.98 Å². The number of hydrogen-bond acceptors (Lipinski definition) is 4. The number of ether oxygens (including phenoxy) is 1. The van der Waals surface area contributed by atoms with Crippen LogP contribution < -0.4 is 0 Å². The molecule has 6 heteroatoms. The number of aliphatic hydroxyl groups excluding tert-OH is 1. The van der Waals surface area contributed by atoms with Crippen LogP contribution in [0.2, 0.25) is 0 Å². The van der Waals surface area contributed by atoms with Crippen molar-refractivity contribution in [1.29, 1.82) is 0 Å². The zero-order chi connectivity index (χ0) is 17.0. The lowest BCUT2D eigenvalue weighted by molar-refractivity contribution is 0.0340. The molecular formula is C18H23N3O3. The predicted molar refractivity (Wildman–Crippen MR) is 89.7 cm³/mol. The van der Waals surface area contributed by atoms with E-state index in [-0.39, 0.29) is 12.5 Å². The van der Waals surface area contributed by atoms with E-state index in [1.54, 1.807) is 17.4 Å². The van der Waals surface area contributed by atoms with Crippen molar-refractivity contribution < 1.29 is 14.6 Å². The van der Waals surface area contributed by atoms with Crippen molar-refractivity contribution in [2.75, 3.05) is 32.9 Å². The maximum atomic E-state index is 12.8. The number of aliphatic hydroxyl groups is 1. The number of rotatable bonds is 4. The van der Waals surface area contributed by atoms with Gasteiger partial charge in [0.1, 0.15) is 0 Å². The Morgan fingerprint density at radius 2 is 2.17 bits per heavy atom. The Kier molecular flexibility index (Phi) is 4.97. The van der Waals surface area contributed by atoms with Gasteiger partial charge in [0.2, 0.25) is 0 Å². The molecule has 1 aromatic carbocycles. The molecule has 1 aliphatic rings. The maximum absolute atomic E-state index is 12.8. The van der Waals surface area contributed by atoms with Crippen molar-refractivity contribution in [2.45, 2.75) is 13.5 Å². The van der Waals surface area contributed by atoms with Gasteiger partial charge >= 0.3 is 0 Å². The summed E-state index contributed by atoms with van der Waals surface area (Å²) >= 11 is 0. The molecule has 1 amide bonds. The second kappa shape index (κ2) is 7.15. The highest BCUT2D eigenvalue weighted by atomic mass is 16.5.